The van der Waals surface area contributed by atoms with Gasteiger partial charge in [-0.15, -0.1) is 0 Å². The Morgan fingerprint density at radius 1 is 0.900 bits per heavy atom. The predicted octanol–water partition coefficient (Wildman–Crippen LogP) is 2.97. The van der Waals surface area contributed by atoms with E-state index >= 15 is 0 Å². The van der Waals surface area contributed by atoms with E-state index in [1.165, 1.54) is 7.11 Å². The Morgan fingerprint density at radius 3 is 2.25 bits per heavy atom. The molecule has 2 rings (SSSR count). The number of hydrogen-bond donors (Lipinski definition) is 0. The van der Waals surface area contributed by atoms with Crippen LogP contribution in [0.25, 0.3) is 0 Å². The Morgan fingerprint density at radius 2 is 1.60 bits per heavy atom. The number of rotatable bonds is 6. The minimum absolute atomic E-state index is 0.0481. The van der Waals surface area contributed by atoms with Gasteiger partial charge in [0, 0.05) is 5.56 Å². The predicted molar refractivity (Wildman–Crippen MR) is 75.8 cm³/mol. The van der Waals surface area contributed by atoms with E-state index in [0.29, 0.717) is 22.8 Å². The molecule has 0 aliphatic carbocycles. The van der Waals surface area contributed by atoms with Gasteiger partial charge in [0.2, 0.25) is 5.75 Å². The normalized spacial score (nSPS) is 9.90. The zero-order valence-electron chi connectivity index (χ0n) is 11.5. The number of hydrogen-bond acceptors (Lipinski definition) is 4. The fourth-order valence-electron chi connectivity index (χ4n) is 1.82. The molecule has 0 aliphatic heterocycles. The van der Waals surface area contributed by atoms with Crippen molar-refractivity contribution in [3.8, 4) is 17.2 Å². The largest absolute Gasteiger partial charge is 0.493 e. The highest BCUT2D eigenvalue weighted by molar-refractivity contribution is 5.97. The first-order valence-electron chi connectivity index (χ1n) is 6.18. The molecule has 0 unspecified atom stereocenters. The quantitative estimate of drug-likeness (QED) is 0.758. The zero-order valence-corrected chi connectivity index (χ0v) is 11.5. The highest BCUT2D eigenvalue weighted by Gasteiger charge is 2.12. The lowest BCUT2D eigenvalue weighted by Gasteiger charge is -2.13. The van der Waals surface area contributed by atoms with Crippen LogP contribution >= 0.6 is 0 Å². The van der Waals surface area contributed by atoms with Crippen LogP contribution in [0, 0.1) is 0 Å². The average molecular weight is 272 g/mol. The van der Waals surface area contributed by atoms with Gasteiger partial charge in [0.15, 0.2) is 23.9 Å². The second kappa shape index (κ2) is 6.61. The number of Topliss-reactive ketones (excluding diaryl/α,β-unsaturated/α-hetero) is 1. The van der Waals surface area contributed by atoms with Crippen molar-refractivity contribution in [2.45, 2.75) is 0 Å². The van der Waals surface area contributed by atoms with Crippen LogP contribution in [-0.4, -0.2) is 26.6 Å². The Bertz CT molecular complexity index is 578. The van der Waals surface area contributed by atoms with Gasteiger partial charge in [0.1, 0.15) is 0 Å². The summed E-state index contributed by atoms with van der Waals surface area (Å²) in [5, 5.41) is 0. The molecule has 4 nitrogen and oxygen atoms in total. The minimum Gasteiger partial charge on any atom is -0.493 e. The summed E-state index contributed by atoms with van der Waals surface area (Å²) >= 11 is 0. The van der Waals surface area contributed by atoms with Crippen molar-refractivity contribution < 1.29 is 19.0 Å². The first-order chi connectivity index (χ1) is 9.76. The molecule has 0 aromatic heterocycles. The van der Waals surface area contributed by atoms with Gasteiger partial charge >= 0.3 is 0 Å². The molecular formula is C16H16O4. The van der Waals surface area contributed by atoms with E-state index in [1.54, 1.807) is 37.4 Å². The molecule has 0 fully saturated rings. The van der Waals surface area contributed by atoms with Crippen LogP contribution in [0.4, 0.5) is 0 Å². The summed E-state index contributed by atoms with van der Waals surface area (Å²) in [6.45, 7) is -0.0481. The smallest absolute Gasteiger partial charge is 0.203 e. The Labute approximate surface area is 117 Å². The average Bonchev–Trinajstić information content (AvgIpc) is 2.52. The first-order valence-corrected chi connectivity index (χ1v) is 6.18. The van der Waals surface area contributed by atoms with Crippen LogP contribution in [0.1, 0.15) is 10.4 Å². The minimum atomic E-state index is -0.0875. The highest BCUT2D eigenvalue weighted by atomic mass is 16.5. The van der Waals surface area contributed by atoms with Gasteiger partial charge in [0.05, 0.1) is 14.2 Å². The van der Waals surface area contributed by atoms with Crippen molar-refractivity contribution in [1.82, 2.24) is 0 Å². The Balaban J connectivity index is 2.10. The molecule has 0 amide bonds. The van der Waals surface area contributed by atoms with Crippen molar-refractivity contribution in [2.24, 2.45) is 0 Å². The molecule has 2 aromatic carbocycles. The van der Waals surface area contributed by atoms with Gasteiger partial charge in [-0.3, -0.25) is 4.79 Å². The second-order valence-corrected chi connectivity index (χ2v) is 4.07. The monoisotopic (exact) mass is 272 g/mol. The summed E-state index contributed by atoms with van der Waals surface area (Å²) in [5.74, 6) is 1.44. The van der Waals surface area contributed by atoms with Gasteiger partial charge in [-0.25, -0.2) is 0 Å². The van der Waals surface area contributed by atoms with Crippen LogP contribution < -0.4 is 14.2 Å². The van der Waals surface area contributed by atoms with E-state index in [9.17, 15) is 4.79 Å². The van der Waals surface area contributed by atoms with Gasteiger partial charge in [-0.1, -0.05) is 36.4 Å². The third kappa shape index (κ3) is 3.09. The number of ketones is 1. The Kier molecular flexibility index (Phi) is 4.60. The number of ether oxygens (including phenoxy) is 3. The van der Waals surface area contributed by atoms with Crippen LogP contribution in [0.2, 0.25) is 0 Å². The van der Waals surface area contributed by atoms with Crippen molar-refractivity contribution in [3.63, 3.8) is 0 Å². The lowest BCUT2D eigenvalue weighted by atomic mass is 10.1. The van der Waals surface area contributed by atoms with Crippen LogP contribution in [0.15, 0.2) is 48.5 Å². The van der Waals surface area contributed by atoms with Gasteiger partial charge in [-0.2, -0.15) is 0 Å². The van der Waals surface area contributed by atoms with E-state index in [4.69, 9.17) is 14.2 Å². The number of benzene rings is 2. The van der Waals surface area contributed by atoms with Crippen molar-refractivity contribution >= 4 is 5.78 Å². The third-order valence-electron chi connectivity index (χ3n) is 2.82. The molecule has 2 aromatic rings. The molecule has 0 atom stereocenters. The van der Waals surface area contributed by atoms with E-state index in [1.807, 2.05) is 18.2 Å². The molecule has 0 saturated heterocycles. The molecule has 0 spiro atoms. The topological polar surface area (TPSA) is 44.8 Å². The molecule has 4 heteroatoms. The summed E-state index contributed by atoms with van der Waals surface area (Å²) < 4.78 is 16.0. The standard InChI is InChI=1S/C16H16O4/c1-18-14-9-6-10-15(16(14)19-2)20-11-13(17)12-7-4-3-5-8-12/h3-10H,11H2,1-2H3. The molecule has 0 heterocycles. The van der Waals surface area contributed by atoms with Crippen molar-refractivity contribution in [1.29, 1.82) is 0 Å². The van der Waals surface area contributed by atoms with E-state index in [-0.39, 0.29) is 12.4 Å². The maximum atomic E-state index is 12.0. The van der Waals surface area contributed by atoms with Crippen molar-refractivity contribution in [3.05, 3.63) is 54.1 Å². The van der Waals surface area contributed by atoms with E-state index in [0.717, 1.165) is 0 Å². The summed E-state index contributed by atoms with van der Waals surface area (Å²) in [5.41, 5.74) is 0.620. The van der Waals surface area contributed by atoms with Crippen LogP contribution in [0.5, 0.6) is 17.2 Å². The zero-order chi connectivity index (χ0) is 14.4. The number of methoxy groups -OCH3 is 2. The molecule has 0 bridgehead atoms. The second-order valence-electron chi connectivity index (χ2n) is 4.07. The first kappa shape index (κ1) is 13.9. The summed E-state index contributed by atoms with van der Waals surface area (Å²) in [6.07, 6.45) is 0. The van der Waals surface area contributed by atoms with Crippen LogP contribution in [-0.2, 0) is 0 Å². The maximum absolute atomic E-state index is 12.0. The van der Waals surface area contributed by atoms with E-state index < -0.39 is 0 Å². The SMILES string of the molecule is COc1cccc(OCC(=O)c2ccccc2)c1OC. The lowest BCUT2D eigenvalue weighted by molar-refractivity contribution is 0.0919. The third-order valence-corrected chi connectivity index (χ3v) is 2.82. The molecule has 0 saturated carbocycles. The number of carbonyl (C=O) groups excluding carboxylic acids is 1. The Hall–Kier alpha value is -2.49. The molecule has 0 aliphatic rings. The van der Waals surface area contributed by atoms with Gasteiger partial charge in [0.25, 0.3) is 0 Å². The molecule has 20 heavy (non-hydrogen) atoms. The summed E-state index contributed by atoms with van der Waals surface area (Å²) in [4.78, 5) is 12.0. The van der Waals surface area contributed by atoms with Gasteiger partial charge in [-0.05, 0) is 12.1 Å². The number of carbonyl (C=O) groups is 1. The maximum Gasteiger partial charge on any atom is 0.203 e. The van der Waals surface area contributed by atoms with E-state index in [2.05, 4.69) is 0 Å². The van der Waals surface area contributed by atoms with Gasteiger partial charge < -0.3 is 14.2 Å². The lowest BCUT2D eigenvalue weighted by Crippen LogP contribution is -2.12. The fourth-order valence-corrected chi connectivity index (χ4v) is 1.82. The summed E-state index contributed by atoms with van der Waals surface area (Å²) in [7, 11) is 3.08. The summed E-state index contributed by atoms with van der Waals surface area (Å²) in [6, 6.07) is 14.3. The fraction of sp³-hybridized carbons (Fsp3) is 0.188. The number of para-hydroxylation sites is 1. The molecule has 0 radical (unpaired) electrons. The molecule has 104 valence electrons. The molecular weight excluding hydrogens is 256 g/mol. The molecule has 0 N–H and O–H groups in total. The van der Waals surface area contributed by atoms with Crippen LogP contribution in [0.3, 0.4) is 0 Å². The highest BCUT2D eigenvalue weighted by Crippen LogP contribution is 2.36. The van der Waals surface area contributed by atoms with Crippen molar-refractivity contribution in [2.75, 3.05) is 20.8 Å².